The van der Waals surface area contributed by atoms with E-state index >= 15 is 0 Å². The summed E-state index contributed by atoms with van der Waals surface area (Å²) >= 11 is 0. The van der Waals surface area contributed by atoms with Crippen LogP contribution in [-0.4, -0.2) is 39.3 Å². The lowest BCUT2D eigenvalue weighted by Crippen LogP contribution is -2.20. The Bertz CT molecular complexity index is 351. The number of benzene rings is 1. The summed E-state index contributed by atoms with van der Waals surface area (Å²) in [5.41, 5.74) is 6.91. The molecule has 4 nitrogen and oxygen atoms in total. The third-order valence-corrected chi connectivity index (χ3v) is 2.51. The topological polar surface area (TPSA) is 47.7 Å². The van der Waals surface area contributed by atoms with E-state index in [0.29, 0.717) is 6.61 Å². The van der Waals surface area contributed by atoms with Gasteiger partial charge in [0.05, 0.1) is 7.11 Å². The van der Waals surface area contributed by atoms with Crippen molar-refractivity contribution in [1.82, 2.24) is 4.90 Å². The highest BCUT2D eigenvalue weighted by atomic mass is 16.5. The van der Waals surface area contributed by atoms with Crippen molar-refractivity contribution in [3.05, 3.63) is 23.8 Å². The van der Waals surface area contributed by atoms with Crippen LogP contribution in [0.5, 0.6) is 11.5 Å². The van der Waals surface area contributed by atoms with Crippen LogP contribution in [0.4, 0.5) is 0 Å². The Labute approximate surface area is 103 Å². The molecule has 1 aromatic rings. The molecule has 96 valence electrons. The number of methoxy groups -OCH3 is 1. The van der Waals surface area contributed by atoms with Gasteiger partial charge in [-0.3, -0.25) is 0 Å². The van der Waals surface area contributed by atoms with Gasteiger partial charge >= 0.3 is 0 Å². The molecular formula is C13H22N2O2. The summed E-state index contributed by atoms with van der Waals surface area (Å²) in [6, 6.07) is 5.69. The largest absolute Gasteiger partial charge is 0.497 e. The summed E-state index contributed by atoms with van der Waals surface area (Å²) in [4.78, 5) is 2.08. The van der Waals surface area contributed by atoms with Gasteiger partial charge in [0.15, 0.2) is 0 Å². The highest BCUT2D eigenvalue weighted by Gasteiger charge is 2.09. The lowest BCUT2D eigenvalue weighted by Gasteiger charge is -2.16. The first-order chi connectivity index (χ1) is 8.04. The predicted octanol–water partition coefficient (Wildman–Crippen LogP) is 1.66. The second kappa shape index (κ2) is 6.47. The van der Waals surface area contributed by atoms with Crippen LogP contribution >= 0.6 is 0 Å². The van der Waals surface area contributed by atoms with E-state index in [4.69, 9.17) is 15.2 Å². The molecule has 0 radical (unpaired) electrons. The number of hydrogen-bond acceptors (Lipinski definition) is 4. The smallest absolute Gasteiger partial charge is 0.127 e. The molecule has 1 atom stereocenters. The quantitative estimate of drug-likeness (QED) is 0.818. The number of nitrogens with zero attached hydrogens (tertiary/aromatic N) is 1. The van der Waals surface area contributed by atoms with E-state index in [1.165, 1.54) is 0 Å². The molecule has 0 aliphatic carbocycles. The fraction of sp³-hybridized carbons (Fsp3) is 0.538. The molecule has 0 spiro atoms. The molecule has 4 heteroatoms. The van der Waals surface area contributed by atoms with Crippen LogP contribution in [0.3, 0.4) is 0 Å². The van der Waals surface area contributed by atoms with Crippen molar-refractivity contribution < 1.29 is 9.47 Å². The number of hydrogen-bond donors (Lipinski definition) is 1. The van der Waals surface area contributed by atoms with E-state index < -0.39 is 0 Å². The lowest BCUT2D eigenvalue weighted by molar-refractivity contribution is 0.257. The maximum absolute atomic E-state index is 5.91. The highest BCUT2D eigenvalue weighted by molar-refractivity contribution is 5.42. The fourth-order valence-electron chi connectivity index (χ4n) is 1.48. The van der Waals surface area contributed by atoms with Crippen molar-refractivity contribution in [3.63, 3.8) is 0 Å². The maximum Gasteiger partial charge on any atom is 0.127 e. The van der Waals surface area contributed by atoms with Crippen molar-refractivity contribution in [2.45, 2.75) is 13.0 Å². The normalized spacial score (nSPS) is 12.6. The zero-order valence-electron chi connectivity index (χ0n) is 11.1. The van der Waals surface area contributed by atoms with Gasteiger partial charge in [-0.05, 0) is 27.1 Å². The van der Waals surface area contributed by atoms with Gasteiger partial charge in [0.1, 0.15) is 18.1 Å². The molecule has 0 bridgehead atoms. The summed E-state index contributed by atoms with van der Waals surface area (Å²) in [6.07, 6.45) is 0. The third kappa shape index (κ3) is 4.24. The van der Waals surface area contributed by atoms with Crippen molar-refractivity contribution in [2.24, 2.45) is 5.73 Å². The summed E-state index contributed by atoms with van der Waals surface area (Å²) in [5.74, 6) is 1.59. The highest BCUT2D eigenvalue weighted by Crippen LogP contribution is 2.28. The lowest BCUT2D eigenvalue weighted by atomic mass is 10.1. The van der Waals surface area contributed by atoms with E-state index in [-0.39, 0.29) is 6.04 Å². The predicted molar refractivity (Wildman–Crippen MR) is 69.6 cm³/mol. The first-order valence-corrected chi connectivity index (χ1v) is 5.75. The minimum absolute atomic E-state index is 0.0461. The summed E-state index contributed by atoms with van der Waals surface area (Å²) in [7, 11) is 5.67. The van der Waals surface area contributed by atoms with E-state index in [9.17, 15) is 0 Å². The molecule has 0 aliphatic rings. The number of likely N-dealkylation sites (N-methyl/N-ethyl adjacent to an activating group) is 1. The van der Waals surface area contributed by atoms with Crippen molar-refractivity contribution in [1.29, 1.82) is 0 Å². The standard InChI is InChI=1S/C13H22N2O2/c1-10(14)12-6-5-11(16-4)9-13(12)17-8-7-15(2)3/h5-6,9-10H,7-8,14H2,1-4H3/t10-/m1/s1. The van der Waals surface area contributed by atoms with E-state index in [1.54, 1.807) is 7.11 Å². The summed E-state index contributed by atoms with van der Waals surface area (Å²) in [6.45, 7) is 3.45. The van der Waals surface area contributed by atoms with Gasteiger partial charge in [0.25, 0.3) is 0 Å². The molecule has 0 saturated heterocycles. The molecule has 2 N–H and O–H groups in total. The average Bonchev–Trinajstić information content (AvgIpc) is 2.28. The second-order valence-corrected chi connectivity index (χ2v) is 4.34. The number of nitrogens with two attached hydrogens (primary N) is 1. The van der Waals surface area contributed by atoms with Gasteiger partial charge in [-0.25, -0.2) is 0 Å². The van der Waals surface area contributed by atoms with Gasteiger partial charge in [0.2, 0.25) is 0 Å². The Morgan fingerprint density at radius 3 is 2.59 bits per heavy atom. The second-order valence-electron chi connectivity index (χ2n) is 4.34. The first kappa shape index (κ1) is 13.8. The zero-order chi connectivity index (χ0) is 12.8. The van der Waals surface area contributed by atoms with Crippen LogP contribution in [0.15, 0.2) is 18.2 Å². The van der Waals surface area contributed by atoms with Gasteiger partial charge in [-0.1, -0.05) is 6.07 Å². The van der Waals surface area contributed by atoms with Crippen LogP contribution in [0, 0.1) is 0 Å². The van der Waals surface area contributed by atoms with Crippen LogP contribution in [0.25, 0.3) is 0 Å². The van der Waals surface area contributed by atoms with E-state index in [1.807, 2.05) is 39.2 Å². The fourth-order valence-corrected chi connectivity index (χ4v) is 1.48. The van der Waals surface area contributed by atoms with Crippen molar-refractivity contribution in [3.8, 4) is 11.5 Å². The molecule has 0 saturated carbocycles. The zero-order valence-corrected chi connectivity index (χ0v) is 11.1. The molecule has 1 rings (SSSR count). The molecule has 1 aromatic carbocycles. The summed E-state index contributed by atoms with van der Waals surface area (Å²) in [5, 5.41) is 0. The minimum atomic E-state index is -0.0461. The molecule has 0 fully saturated rings. The van der Waals surface area contributed by atoms with Crippen LogP contribution in [0.2, 0.25) is 0 Å². The molecule has 17 heavy (non-hydrogen) atoms. The Morgan fingerprint density at radius 2 is 2.06 bits per heavy atom. The van der Waals surface area contributed by atoms with Gasteiger partial charge < -0.3 is 20.1 Å². The van der Waals surface area contributed by atoms with Gasteiger partial charge in [-0.15, -0.1) is 0 Å². The molecule has 0 unspecified atom stereocenters. The monoisotopic (exact) mass is 238 g/mol. The van der Waals surface area contributed by atoms with Gasteiger partial charge in [0, 0.05) is 24.2 Å². The minimum Gasteiger partial charge on any atom is -0.497 e. The van der Waals surface area contributed by atoms with Crippen LogP contribution in [-0.2, 0) is 0 Å². The van der Waals surface area contributed by atoms with Crippen molar-refractivity contribution in [2.75, 3.05) is 34.4 Å². The molecule has 0 aliphatic heterocycles. The number of rotatable bonds is 6. The average molecular weight is 238 g/mol. The van der Waals surface area contributed by atoms with Crippen molar-refractivity contribution >= 4 is 0 Å². The molecule has 0 amide bonds. The van der Waals surface area contributed by atoms with Crippen LogP contribution in [0.1, 0.15) is 18.5 Å². The molecule has 0 heterocycles. The Kier molecular flexibility index (Phi) is 5.25. The first-order valence-electron chi connectivity index (χ1n) is 5.75. The van der Waals surface area contributed by atoms with E-state index in [2.05, 4.69) is 4.90 Å². The third-order valence-electron chi connectivity index (χ3n) is 2.51. The molecule has 0 aromatic heterocycles. The number of ether oxygens (including phenoxy) is 2. The van der Waals surface area contributed by atoms with Gasteiger partial charge in [-0.2, -0.15) is 0 Å². The summed E-state index contributed by atoms with van der Waals surface area (Å²) < 4.78 is 10.9. The van der Waals surface area contributed by atoms with Crippen LogP contribution < -0.4 is 15.2 Å². The SMILES string of the molecule is COc1ccc([C@@H](C)N)c(OCCN(C)C)c1. The Morgan fingerprint density at radius 1 is 1.35 bits per heavy atom. The maximum atomic E-state index is 5.91. The Hall–Kier alpha value is -1.26. The van der Waals surface area contributed by atoms with E-state index in [0.717, 1.165) is 23.6 Å². The Balaban J connectivity index is 2.78. The molecular weight excluding hydrogens is 216 g/mol.